The Balaban J connectivity index is 1.26. The first kappa shape index (κ1) is 26.7. The molecule has 2 aromatic heterocycles. The quantitative estimate of drug-likeness (QED) is 0.323. The van der Waals surface area contributed by atoms with Crippen LogP contribution in [0.5, 0.6) is 0 Å². The third kappa shape index (κ3) is 4.52. The number of hydrogen-bond acceptors (Lipinski definition) is 5. The smallest absolute Gasteiger partial charge is 0.423 e. The average molecular weight is 588 g/mol. The van der Waals surface area contributed by atoms with E-state index in [9.17, 15) is 23.0 Å². The van der Waals surface area contributed by atoms with E-state index in [0.717, 1.165) is 23.3 Å². The second-order valence-electron chi connectivity index (χ2n) is 9.56. The number of rotatable bonds is 5. The number of halogens is 5. The van der Waals surface area contributed by atoms with Crippen molar-refractivity contribution < 1.29 is 32.5 Å². The molecule has 2 aliphatic heterocycles. The number of carbonyl (C=O) groups is 1. The Bertz CT molecular complexity index is 1670. The molecule has 0 saturated carbocycles. The Kier molecular flexibility index (Phi) is 6.57. The normalized spacial score (nSPS) is 18.6. The average Bonchev–Trinajstić information content (AvgIpc) is 3.65. The number of carbonyl (C=O) groups excluding carboxylic acids is 1. The molecule has 1 amide bonds. The number of aromatic nitrogens is 1. The van der Waals surface area contributed by atoms with Crippen molar-refractivity contribution in [3.05, 3.63) is 105 Å². The number of nitrogens with one attached hydrogen (secondary N) is 1. The number of hydrogen-bond donors (Lipinski definition) is 2. The number of alkyl halides is 3. The van der Waals surface area contributed by atoms with Crippen LogP contribution in [-0.4, -0.2) is 34.3 Å². The largest absolute Gasteiger partial charge is 0.491 e. The molecule has 0 radical (unpaired) electrons. The maximum atomic E-state index is 14.4. The zero-order valence-electron chi connectivity index (χ0n) is 20.5. The third-order valence-electron chi connectivity index (χ3n) is 7.07. The maximum Gasteiger partial charge on any atom is 0.491 e. The van der Waals surface area contributed by atoms with Crippen LogP contribution in [0.3, 0.4) is 0 Å². The maximum absolute atomic E-state index is 14.4. The van der Waals surface area contributed by atoms with E-state index in [2.05, 4.69) is 10.5 Å². The summed E-state index contributed by atoms with van der Waals surface area (Å²) >= 11 is 12.0. The molecule has 0 aliphatic carbocycles. The van der Waals surface area contributed by atoms with E-state index in [-0.39, 0.29) is 33.8 Å². The van der Waals surface area contributed by atoms with Gasteiger partial charge in [-0.05, 0) is 59.1 Å². The van der Waals surface area contributed by atoms with Crippen LogP contribution >= 0.6 is 23.2 Å². The van der Waals surface area contributed by atoms with Crippen LogP contribution in [-0.2, 0) is 28.2 Å². The van der Waals surface area contributed by atoms with Gasteiger partial charge in [-0.1, -0.05) is 46.6 Å². The number of oxime groups is 1. The first-order valence-corrected chi connectivity index (χ1v) is 12.9. The third-order valence-corrected chi connectivity index (χ3v) is 7.51. The summed E-state index contributed by atoms with van der Waals surface area (Å²) in [7, 11) is -0.993. The van der Waals surface area contributed by atoms with Crippen molar-refractivity contribution in [1.82, 2.24) is 9.72 Å². The molecule has 4 aromatic rings. The van der Waals surface area contributed by atoms with Crippen LogP contribution in [0.1, 0.15) is 39.2 Å². The van der Waals surface area contributed by atoms with E-state index in [0.29, 0.717) is 28.8 Å². The highest BCUT2D eigenvalue weighted by Crippen LogP contribution is 2.49. The summed E-state index contributed by atoms with van der Waals surface area (Å²) in [5, 5.41) is 16.7. The van der Waals surface area contributed by atoms with Gasteiger partial charge in [0.1, 0.15) is 5.71 Å². The van der Waals surface area contributed by atoms with Gasteiger partial charge in [-0.25, -0.2) is 0 Å². The molecule has 6 rings (SSSR count). The van der Waals surface area contributed by atoms with Crippen LogP contribution in [0.25, 0.3) is 5.52 Å². The molecule has 2 N–H and O–H groups in total. The van der Waals surface area contributed by atoms with Crippen molar-refractivity contribution in [1.29, 1.82) is 0 Å². The van der Waals surface area contributed by atoms with Crippen LogP contribution < -0.4 is 10.8 Å². The minimum atomic E-state index is -4.83. The minimum Gasteiger partial charge on any atom is -0.423 e. The van der Waals surface area contributed by atoms with Gasteiger partial charge in [-0.15, -0.1) is 0 Å². The summed E-state index contributed by atoms with van der Waals surface area (Å²) in [5.74, 6) is -0.379. The van der Waals surface area contributed by atoms with Crippen molar-refractivity contribution in [3.8, 4) is 0 Å². The lowest BCUT2D eigenvalue weighted by Crippen LogP contribution is -2.42. The second kappa shape index (κ2) is 9.85. The van der Waals surface area contributed by atoms with E-state index in [4.69, 9.17) is 32.7 Å². The van der Waals surface area contributed by atoms with Crippen LogP contribution in [0, 0.1) is 0 Å². The van der Waals surface area contributed by atoms with Crippen LogP contribution in [0.4, 0.5) is 13.2 Å². The lowest BCUT2D eigenvalue weighted by Gasteiger charge is -2.29. The first-order valence-electron chi connectivity index (χ1n) is 12.1. The highest BCUT2D eigenvalue weighted by atomic mass is 35.5. The highest BCUT2D eigenvalue weighted by molar-refractivity contribution is 6.61. The topological polar surface area (TPSA) is 84.6 Å². The van der Waals surface area contributed by atoms with Gasteiger partial charge in [-0.3, -0.25) is 4.79 Å². The van der Waals surface area contributed by atoms with Gasteiger partial charge in [0.15, 0.2) is 0 Å². The van der Waals surface area contributed by atoms with Gasteiger partial charge in [-0.2, -0.15) is 13.2 Å². The number of nitrogens with zero attached hydrogens (tertiary/aromatic N) is 2. The van der Waals surface area contributed by atoms with E-state index >= 15 is 0 Å². The van der Waals surface area contributed by atoms with Crippen molar-refractivity contribution in [2.45, 2.75) is 31.3 Å². The lowest BCUT2D eigenvalue weighted by atomic mass is 9.79. The molecule has 2 aliphatic rings. The SMILES string of the molecule is O=C(NCc1ccc2c(c1)B(O)OC2)c1ccc(C2=NOC(c3cc(Cl)cc(Cl)c3)(C(F)(F)F)C2)n2cccc12. The summed E-state index contributed by atoms with van der Waals surface area (Å²) in [6, 6.07) is 15.6. The van der Waals surface area contributed by atoms with Crippen LogP contribution in [0.2, 0.25) is 10.0 Å². The molecule has 13 heteroatoms. The Hall–Kier alpha value is -3.51. The fourth-order valence-corrected chi connectivity index (χ4v) is 5.57. The van der Waals surface area contributed by atoms with Gasteiger partial charge >= 0.3 is 13.3 Å². The number of amides is 1. The van der Waals surface area contributed by atoms with E-state index < -0.39 is 25.3 Å². The number of pyridine rings is 1. The number of fused-ring (bicyclic) bond motifs is 2. The van der Waals surface area contributed by atoms with Gasteiger partial charge in [0.25, 0.3) is 11.5 Å². The molecule has 1 unspecified atom stereocenters. The van der Waals surface area contributed by atoms with E-state index in [1.165, 1.54) is 18.2 Å². The Labute approximate surface area is 236 Å². The summed E-state index contributed by atoms with van der Waals surface area (Å²) < 4.78 is 50.1. The molecule has 0 saturated heterocycles. The van der Waals surface area contributed by atoms with Gasteiger partial charge < -0.3 is 24.2 Å². The zero-order chi connectivity index (χ0) is 28.2. The van der Waals surface area contributed by atoms with Crippen LogP contribution in [0.15, 0.2) is 72.0 Å². The number of benzene rings is 2. The first-order chi connectivity index (χ1) is 19.1. The van der Waals surface area contributed by atoms with Gasteiger partial charge in [0.05, 0.1) is 29.8 Å². The summed E-state index contributed by atoms with van der Waals surface area (Å²) in [5.41, 5.74) is 0.472. The molecule has 4 heterocycles. The van der Waals surface area contributed by atoms with Crippen molar-refractivity contribution in [3.63, 3.8) is 0 Å². The summed E-state index contributed by atoms with van der Waals surface area (Å²) in [6.07, 6.45) is -3.82. The Morgan fingerprint density at radius 1 is 1.12 bits per heavy atom. The fourth-order valence-electron chi connectivity index (χ4n) is 5.05. The van der Waals surface area contributed by atoms with Crippen molar-refractivity contribution in [2.24, 2.45) is 5.16 Å². The predicted molar refractivity (Wildman–Crippen MR) is 144 cm³/mol. The van der Waals surface area contributed by atoms with Crippen molar-refractivity contribution in [2.75, 3.05) is 0 Å². The molecule has 1 atom stereocenters. The second-order valence-corrected chi connectivity index (χ2v) is 10.4. The highest BCUT2D eigenvalue weighted by Gasteiger charge is 2.62. The molecular formula is C27H19BCl2F3N3O4. The summed E-state index contributed by atoms with van der Waals surface area (Å²) in [6.45, 7) is 0.527. The molecule has 40 heavy (non-hydrogen) atoms. The van der Waals surface area contributed by atoms with E-state index in [1.54, 1.807) is 28.8 Å². The predicted octanol–water partition coefficient (Wildman–Crippen LogP) is 4.98. The Morgan fingerprint density at radius 3 is 2.65 bits per heavy atom. The Morgan fingerprint density at radius 2 is 1.90 bits per heavy atom. The molecule has 0 fully saturated rings. The van der Waals surface area contributed by atoms with Crippen molar-refractivity contribution >= 4 is 52.9 Å². The molecular weight excluding hydrogens is 569 g/mol. The monoisotopic (exact) mass is 587 g/mol. The molecule has 2 aromatic carbocycles. The van der Waals surface area contributed by atoms with E-state index in [1.807, 2.05) is 12.1 Å². The lowest BCUT2D eigenvalue weighted by molar-refractivity contribution is -0.275. The molecule has 0 spiro atoms. The van der Waals surface area contributed by atoms with Gasteiger partial charge in [0, 0.05) is 28.4 Å². The molecule has 204 valence electrons. The molecule has 0 bridgehead atoms. The zero-order valence-corrected chi connectivity index (χ0v) is 22.0. The summed E-state index contributed by atoms with van der Waals surface area (Å²) in [4.78, 5) is 18.2. The standard InChI is InChI=1S/C27H19BCl2F3N3O4/c29-18-9-17(10-19(30)11-18)26(27(31,32)33)12-22(35-40-26)24-6-5-20(23-2-1-7-36(23)24)25(37)34-13-15-3-4-16-14-39-28(38)21(16)8-15/h1-11,38H,12-14H2,(H,34,37). The fraction of sp³-hybridized carbons (Fsp3) is 0.185. The molecule has 7 nitrogen and oxygen atoms in total. The van der Waals surface area contributed by atoms with Gasteiger partial charge in [0.2, 0.25) is 0 Å². The minimum absolute atomic E-state index is 0.0377.